The number of rotatable bonds is 8. The van der Waals surface area contributed by atoms with E-state index in [0.717, 1.165) is 11.8 Å². The Morgan fingerprint density at radius 1 is 1.19 bits per heavy atom. The minimum atomic E-state index is -0.713. The zero-order chi connectivity index (χ0) is 19.1. The van der Waals surface area contributed by atoms with Crippen molar-refractivity contribution in [2.75, 3.05) is 18.5 Å². The number of nitrogens with zero attached hydrogens (tertiary/aromatic N) is 4. The van der Waals surface area contributed by atoms with Crippen LogP contribution in [0.15, 0.2) is 60.3 Å². The van der Waals surface area contributed by atoms with Crippen LogP contribution in [0.3, 0.4) is 0 Å². The summed E-state index contributed by atoms with van der Waals surface area (Å²) in [5.74, 6) is -1.37. The fraction of sp³-hybridized carbons (Fsp3) is 0.211. The van der Waals surface area contributed by atoms with Crippen LogP contribution in [0, 0.1) is 18.6 Å². The van der Waals surface area contributed by atoms with Crippen molar-refractivity contribution in [1.82, 2.24) is 14.8 Å². The smallest absolute Gasteiger partial charge is 0.137 e. The molecule has 1 heterocycles. The van der Waals surface area contributed by atoms with Crippen molar-refractivity contribution in [3.63, 3.8) is 0 Å². The SMILES string of the molecule is Cc1ccc(NCCO/N=C(/Cn2cncn2)c2ccc(F)cc2F)cc1. The topological polar surface area (TPSA) is 64.3 Å². The molecule has 1 aromatic heterocycles. The molecule has 0 amide bonds. The molecule has 0 spiro atoms. The minimum absolute atomic E-state index is 0.147. The summed E-state index contributed by atoms with van der Waals surface area (Å²) in [4.78, 5) is 9.18. The van der Waals surface area contributed by atoms with E-state index in [9.17, 15) is 8.78 Å². The zero-order valence-corrected chi connectivity index (χ0v) is 14.8. The number of benzene rings is 2. The van der Waals surface area contributed by atoms with E-state index in [1.807, 2.05) is 31.2 Å². The van der Waals surface area contributed by atoms with E-state index in [0.29, 0.717) is 6.54 Å². The van der Waals surface area contributed by atoms with Gasteiger partial charge in [-0.2, -0.15) is 5.10 Å². The van der Waals surface area contributed by atoms with Crippen molar-refractivity contribution >= 4 is 11.4 Å². The fourth-order valence-corrected chi connectivity index (χ4v) is 2.39. The van der Waals surface area contributed by atoms with Crippen molar-refractivity contribution in [3.8, 4) is 0 Å². The van der Waals surface area contributed by atoms with Gasteiger partial charge in [-0.1, -0.05) is 22.9 Å². The minimum Gasteiger partial charge on any atom is -0.394 e. The van der Waals surface area contributed by atoms with Gasteiger partial charge in [0.15, 0.2) is 0 Å². The summed E-state index contributed by atoms with van der Waals surface area (Å²) in [6.07, 6.45) is 2.85. The second-order valence-corrected chi connectivity index (χ2v) is 5.88. The van der Waals surface area contributed by atoms with Gasteiger partial charge in [-0.05, 0) is 31.2 Å². The molecule has 2 aromatic carbocycles. The van der Waals surface area contributed by atoms with E-state index in [1.165, 1.54) is 35.0 Å². The molecule has 0 bridgehead atoms. The van der Waals surface area contributed by atoms with E-state index in [4.69, 9.17) is 4.84 Å². The highest BCUT2D eigenvalue weighted by Gasteiger charge is 2.13. The van der Waals surface area contributed by atoms with Gasteiger partial charge in [0.05, 0.1) is 13.1 Å². The molecule has 0 aliphatic heterocycles. The lowest BCUT2D eigenvalue weighted by Gasteiger charge is -2.09. The highest BCUT2D eigenvalue weighted by atomic mass is 19.1. The van der Waals surface area contributed by atoms with Gasteiger partial charge in [-0.3, -0.25) is 0 Å². The van der Waals surface area contributed by atoms with Crippen LogP contribution in [-0.4, -0.2) is 33.6 Å². The highest BCUT2D eigenvalue weighted by Crippen LogP contribution is 2.12. The fourth-order valence-electron chi connectivity index (χ4n) is 2.39. The van der Waals surface area contributed by atoms with Crippen molar-refractivity contribution in [2.24, 2.45) is 5.16 Å². The van der Waals surface area contributed by atoms with E-state index in [-0.39, 0.29) is 24.4 Å². The number of aromatic nitrogens is 3. The molecule has 0 unspecified atom stereocenters. The normalized spacial score (nSPS) is 11.4. The number of nitrogens with one attached hydrogen (secondary N) is 1. The van der Waals surface area contributed by atoms with Gasteiger partial charge in [0.2, 0.25) is 0 Å². The molecule has 27 heavy (non-hydrogen) atoms. The summed E-state index contributed by atoms with van der Waals surface area (Å²) in [6.45, 7) is 2.97. The van der Waals surface area contributed by atoms with Crippen LogP contribution in [-0.2, 0) is 11.4 Å². The molecule has 0 aliphatic carbocycles. The van der Waals surface area contributed by atoms with Crippen LogP contribution in [0.5, 0.6) is 0 Å². The van der Waals surface area contributed by atoms with Gasteiger partial charge in [-0.25, -0.2) is 18.4 Å². The average Bonchev–Trinajstić information content (AvgIpc) is 3.15. The summed E-state index contributed by atoms with van der Waals surface area (Å²) in [7, 11) is 0. The molecule has 140 valence electrons. The number of hydrogen-bond donors (Lipinski definition) is 1. The molecule has 6 nitrogen and oxygen atoms in total. The molecular formula is C19H19F2N5O. The van der Waals surface area contributed by atoms with Gasteiger partial charge in [0, 0.05) is 17.3 Å². The van der Waals surface area contributed by atoms with Crippen LogP contribution < -0.4 is 5.32 Å². The Bertz CT molecular complexity index is 895. The summed E-state index contributed by atoms with van der Waals surface area (Å²) in [6, 6.07) is 11.3. The Labute approximate surface area is 155 Å². The van der Waals surface area contributed by atoms with Crippen molar-refractivity contribution in [1.29, 1.82) is 0 Å². The molecule has 0 radical (unpaired) electrons. The first-order valence-corrected chi connectivity index (χ1v) is 8.39. The van der Waals surface area contributed by atoms with E-state index in [1.54, 1.807) is 0 Å². The van der Waals surface area contributed by atoms with Crippen LogP contribution in [0.25, 0.3) is 0 Å². The first-order chi connectivity index (χ1) is 13.1. The van der Waals surface area contributed by atoms with Crippen molar-refractivity contribution < 1.29 is 13.6 Å². The van der Waals surface area contributed by atoms with Crippen LogP contribution in [0.2, 0.25) is 0 Å². The lowest BCUT2D eigenvalue weighted by Crippen LogP contribution is -2.16. The first-order valence-electron chi connectivity index (χ1n) is 8.39. The lowest BCUT2D eigenvalue weighted by atomic mass is 10.1. The average molecular weight is 371 g/mol. The lowest BCUT2D eigenvalue weighted by molar-refractivity contribution is 0.154. The van der Waals surface area contributed by atoms with Gasteiger partial charge in [0.1, 0.15) is 36.6 Å². The zero-order valence-electron chi connectivity index (χ0n) is 14.8. The number of aryl methyl sites for hydroxylation is 1. The summed E-state index contributed by atoms with van der Waals surface area (Å²) < 4.78 is 28.8. The number of halogens is 2. The first kappa shape index (κ1) is 18.5. The Balaban J connectivity index is 1.63. The molecule has 1 N–H and O–H groups in total. The Morgan fingerprint density at radius 2 is 2.00 bits per heavy atom. The molecule has 3 aromatic rings. The maximum absolute atomic E-state index is 14.1. The number of hydrogen-bond acceptors (Lipinski definition) is 5. The summed E-state index contributed by atoms with van der Waals surface area (Å²) in [5.41, 5.74) is 2.59. The second kappa shape index (κ2) is 8.88. The molecular weight excluding hydrogens is 352 g/mol. The van der Waals surface area contributed by atoms with E-state index in [2.05, 4.69) is 20.6 Å². The Hall–Kier alpha value is -3.29. The third-order valence-electron chi connectivity index (χ3n) is 3.77. The van der Waals surface area contributed by atoms with Gasteiger partial charge in [0.25, 0.3) is 0 Å². The molecule has 8 heteroatoms. The van der Waals surface area contributed by atoms with Gasteiger partial charge >= 0.3 is 0 Å². The van der Waals surface area contributed by atoms with Gasteiger partial charge in [-0.15, -0.1) is 0 Å². The van der Waals surface area contributed by atoms with E-state index < -0.39 is 11.6 Å². The number of oxime groups is 1. The van der Waals surface area contributed by atoms with Crippen LogP contribution in [0.4, 0.5) is 14.5 Å². The summed E-state index contributed by atoms with van der Waals surface area (Å²) >= 11 is 0. The van der Waals surface area contributed by atoms with Gasteiger partial charge < -0.3 is 10.2 Å². The molecule has 0 aliphatic rings. The quantitative estimate of drug-likeness (QED) is 0.374. The predicted molar refractivity (Wildman–Crippen MR) is 98.5 cm³/mol. The number of anilines is 1. The van der Waals surface area contributed by atoms with Crippen LogP contribution >= 0.6 is 0 Å². The van der Waals surface area contributed by atoms with Crippen molar-refractivity contribution in [3.05, 3.63) is 77.9 Å². The largest absolute Gasteiger partial charge is 0.394 e. The van der Waals surface area contributed by atoms with E-state index >= 15 is 0 Å². The maximum atomic E-state index is 14.1. The molecule has 0 fully saturated rings. The summed E-state index contributed by atoms with van der Waals surface area (Å²) in [5, 5.41) is 11.2. The van der Waals surface area contributed by atoms with Crippen LogP contribution in [0.1, 0.15) is 11.1 Å². The van der Waals surface area contributed by atoms with Crippen molar-refractivity contribution in [2.45, 2.75) is 13.5 Å². The molecule has 0 saturated carbocycles. The third-order valence-corrected chi connectivity index (χ3v) is 3.77. The molecule has 0 saturated heterocycles. The maximum Gasteiger partial charge on any atom is 0.137 e. The monoisotopic (exact) mass is 371 g/mol. The third kappa shape index (κ3) is 5.34. The Morgan fingerprint density at radius 3 is 2.70 bits per heavy atom. The molecule has 3 rings (SSSR count). The second-order valence-electron chi connectivity index (χ2n) is 5.88. The Kier molecular flexibility index (Phi) is 6.09. The standard InChI is InChI=1S/C19H19F2N5O/c1-14-2-5-16(6-3-14)23-8-9-27-25-19(11-26-13-22-12-24-26)17-7-4-15(20)10-18(17)21/h2-7,10,12-13,23H,8-9,11H2,1H3/b25-19-. The molecule has 0 atom stereocenters. The predicted octanol–water partition coefficient (Wildman–Crippen LogP) is 3.40. The highest BCUT2D eigenvalue weighted by molar-refractivity contribution is 6.00.